The molecule has 1 aliphatic rings. The van der Waals surface area contributed by atoms with Crippen molar-refractivity contribution >= 4 is 5.91 Å². The number of hydrogen-bond acceptors (Lipinski definition) is 2. The van der Waals surface area contributed by atoms with E-state index in [2.05, 4.69) is 0 Å². The van der Waals surface area contributed by atoms with Crippen LogP contribution in [0.1, 0.15) is 22.3 Å². The first kappa shape index (κ1) is 11.1. The Labute approximate surface area is 94.0 Å². The zero-order valence-electron chi connectivity index (χ0n) is 9.08. The second-order valence-corrected chi connectivity index (χ2v) is 3.99. The summed E-state index contributed by atoms with van der Waals surface area (Å²) in [4.78, 5) is 13.7. The van der Waals surface area contributed by atoms with Crippen molar-refractivity contribution in [1.82, 2.24) is 4.90 Å². The lowest BCUT2D eigenvalue weighted by Gasteiger charge is -2.28. The van der Waals surface area contributed by atoms with E-state index in [9.17, 15) is 9.18 Å². The molecule has 0 saturated heterocycles. The van der Waals surface area contributed by atoms with Crippen LogP contribution in [-0.4, -0.2) is 30.4 Å². The van der Waals surface area contributed by atoms with Crippen molar-refractivity contribution in [2.75, 3.05) is 19.6 Å². The molecule has 0 spiro atoms. The third kappa shape index (κ3) is 2.07. The molecule has 1 heterocycles. The summed E-state index contributed by atoms with van der Waals surface area (Å²) < 4.78 is 13.1. The van der Waals surface area contributed by atoms with Crippen LogP contribution in [0.3, 0.4) is 0 Å². The van der Waals surface area contributed by atoms with E-state index in [0.717, 1.165) is 18.4 Å². The minimum atomic E-state index is -0.354. The van der Waals surface area contributed by atoms with Crippen LogP contribution in [0.2, 0.25) is 0 Å². The summed E-state index contributed by atoms with van der Waals surface area (Å²) in [5, 5.41) is 0. The van der Waals surface area contributed by atoms with Gasteiger partial charge in [0.1, 0.15) is 5.82 Å². The molecule has 0 unspecified atom stereocenters. The van der Waals surface area contributed by atoms with Gasteiger partial charge in [-0.2, -0.15) is 0 Å². The van der Waals surface area contributed by atoms with Crippen molar-refractivity contribution in [3.63, 3.8) is 0 Å². The summed E-state index contributed by atoms with van der Waals surface area (Å²) in [6.45, 7) is 1.93. The van der Waals surface area contributed by atoms with Gasteiger partial charge < -0.3 is 10.6 Å². The lowest BCUT2D eigenvalue weighted by Crippen LogP contribution is -2.38. The van der Waals surface area contributed by atoms with E-state index < -0.39 is 0 Å². The zero-order chi connectivity index (χ0) is 11.5. The molecule has 0 aromatic heterocycles. The van der Waals surface area contributed by atoms with E-state index in [1.165, 1.54) is 12.1 Å². The van der Waals surface area contributed by atoms with Gasteiger partial charge >= 0.3 is 0 Å². The van der Waals surface area contributed by atoms with Crippen molar-refractivity contribution in [2.24, 2.45) is 5.73 Å². The van der Waals surface area contributed by atoms with Gasteiger partial charge in [0.25, 0.3) is 5.91 Å². The normalized spacial score (nSPS) is 15.1. The van der Waals surface area contributed by atoms with Crippen molar-refractivity contribution in [1.29, 1.82) is 0 Å². The molecule has 86 valence electrons. The van der Waals surface area contributed by atoms with E-state index in [1.807, 2.05) is 0 Å². The molecule has 1 aromatic carbocycles. The van der Waals surface area contributed by atoms with E-state index in [0.29, 0.717) is 25.2 Å². The molecule has 3 nitrogen and oxygen atoms in total. The second-order valence-electron chi connectivity index (χ2n) is 3.99. The van der Waals surface area contributed by atoms with Gasteiger partial charge in [-0.15, -0.1) is 0 Å². The number of fused-ring (bicyclic) bond motifs is 1. The predicted molar refractivity (Wildman–Crippen MR) is 59.7 cm³/mol. The Morgan fingerprint density at radius 2 is 2.25 bits per heavy atom. The molecule has 2 rings (SSSR count). The number of benzene rings is 1. The third-order valence-electron chi connectivity index (χ3n) is 2.87. The highest BCUT2D eigenvalue weighted by molar-refractivity contribution is 5.96. The topological polar surface area (TPSA) is 46.3 Å². The zero-order valence-corrected chi connectivity index (χ0v) is 9.08. The molecule has 1 amide bonds. The maximum absolute atomic E-state index is 13.1. The van der Waals surface area contributed by atoms with Gasteiger partial charge in [-0.05, 0) is 37.1 Å². The summed E-state index contributed by atoms with van der Waals surface area (Å²) in [7, 11) is 0. The molecule has 0 aliphatic carbocycles. The van der Waals surface area contributed by atoms with Crippen molar-refractivity contribution < 1.29 is 9.18 Å². The predicted octanol–water partition coefficient (Wildman–Crippen LogP) is 1.17. The average Bonchev–Trinajstić information content (AvgIpc) is 2.29. The minimum absolute atomic E-state index is 0.0748. The van der Waals surface area contributed by atoms with Crippen LogP contribution in [0, 0.1) is 5.82 Å². The Morgan fingerprint density at radius 3 is 3.00 bits per heavy atom. The Hall–Kier alpha value is -1.42. The smallest absolute Gasteiger partial charge is 0.254 e. The van der Waals surface area contributed by atoms with Gasteiger partial charge in [0, 0.05) is 18.7 Å². The third-order valence-corrected chi connectivity index (χ3v) is 2.87. The summed E-state index contributed by atoms with van der Waals surface area (Å²) in [6, 6.07) is 4.43. The maximum atomic E-state index is 13.1. The quantitative estimate of drug-likeness (QED) is 0.834. The molecular weight excluding hydrogens is 207 g/mol. The first-order valence-electron chi connectivity index (χ1n) is 5.50. The van der Waals surface area contributed by atoms with Crippen molar-refractivity contribution in [2.45, 2.75) is 12.8 Å². The average molecular weight is 222 g/mol. The van der Waals surface area contributed by atoms with E-state index in [4.69, 9.17) is 5.73 Å². The number of nitrogens with two attached hydrogens (primary N) is 1. The summed E-state index contributed by atoms with van der Waals surface area (Å²) in [6.07, 6.45) is 1.59. The highest BCUT2D eigenvalue weighted by atomic mass is 19.1. The number of carbonyl (C=O) groups is 1. The van der Waals surface area contributed by atoms with E-state index >= 15 is 0 Å². The number of carbonyl (C=O) groups excluding carboxylic acids is 1. The Bertz CT molecular complexity index is 406. The highest BCUT2D eigenvalue weighted by Crippen LogP contribution is 2.19. The Balaban J connectivity index is 2.20. The molecule has 0 saturated carbocycles. The molecule has 1 aliphatic heterocycles. The molecule has 0 fully saturated rings. The van der Waals surface area contributed by atoms with Crippen LogP contribution in [0.5, 0.6) is 0 Å². The lowest BCUT2D eigenvalue weighted by atomic mass is 9.99. The van der Waals surface area contributed by atoms with Gasteiger partial charge in [0.2, 0.25) is 0 Å². The fourth-order valence-electron chi connectivity index (χ4n) is 1.99. The maximum Gasteiger partial charge on any atom is 0.254 e. The number of nitrogens with zero attached hydrogens (tertiary/aromatic N) is 1. The molecule has 2 N–H and O–H groups in total. The molecule has 16 heavy (non-hydrogen) atoms. The largest absolute Gasteiger partial charge is 0.338 e. The molecule has 4 heteroatoms. The van der Waals surface area contributed by atoms with Crippen LogP contribution < -0.4 is 5.73 Å². The van der Waals surface area contributed by atoms with Crippen LogP contribution in [0.15, 0.2) is 18.2 Å². The summed E-state index contributed by atoms with van der Waals surface area (Å²) in [5.74, 6) is -0.429. The molecule has 0 atom stereocenters. The Morgan fingerprint density at radius 1 is 1.44 bits per heavy atom. The van der Waals surface area contributed by atoms with Crippen LogP contribution in [0.25, 0.3) is 0 Å². The molecular formula is C12H15FN2O. The number of hydrogen-bond donors (Lipinski definition) is 1. The van der Waals surface area contributed by atoms with E-state index in [-0.39, 0.29) is 11.7 Å². The van der Waals surface area contributed by atoms with Crippen LogP contribution >= 0.6 is 0 Å². The van der Waals surface area contributed by atoms with Crippen LogP contribution in [0.4, 0.5) is 4.39 Å². The number of amides is 1. The van der Waals surface area contributed by atoms with Gasteiger partial charge in [-0.3, -0.25) is 4.79 Å². The van der Waals surface area contributed by atoms with Gasteiger partial charge in [0.15, 0.2) is 0 Å². The van der Waals surface area contributed by atoms with Crippen molar-refractivity contribution in [3.8, 4) is 0 Å². The van der Waals surface area contributed by atoms with Crippen molar-refractivity contribution in [3.05, 3.63) is 35.1 Å². The summed E-state index contributed by atoms with van der Waals surface area (Å²) in [5.41, 5.74) is 6.86. The van der Waals surface area contributed by atoms with Gasteiger partial charge in [0.05, 0.1) is 0 Å². The standard InChI is InChI=1S/C12H15FN2O/c13-10-3-2-9-4-7-15(6-1-5-14)12(16)11(9)8-10/h2-3,8H,1,4-7,14H2. The first-order valence-corrected chi connectivity index (χ1v) is 5.50. The highest BCUT2D eigenvalue weighted by Gasteiger charge is 2.23. The lowest BCUT2D eigenvalue weighted by molar-refractivity contribution is 0.0738. The fraction of sp³-hybridized carbons (Fsp3) is 0.417. The summed E-state index contributed by atoms with van der Waals surface area (Å²) >= 11 is 0. The second kappa shape index (κ2) is 4.61. The molecule has 1 aromatic rings. The molecule has 0 bridgehead atoms. The van der Waals surface area contributed by atoms with E-state index in [1.54, 1.807) is 11.0 Å². The first-order chi connectivity index (χ1) is 7.72. The van der Waals surface area contributed by atoms with Gasteiger partial charge in [-0.25, -0.2) is 4.39 Å². The minimum Gasteiger partial charge on any atom is -0.338 e. The van der Waals surface area contributed by atoms with Gasteiger partial charge in [-0.1, -0.05) is 6.07 Å². The fourth-order valence-corrected chi connectivity index (χ4v) is 1.99. The Kier molecular flexibility index (Phi) is 3.19. The SMILES string of the molecule is NCCCN1CCc2ccc(F)cc2C1=O. The number of halogens is 1. The van der Waals surface area contributed by atoms with Crippen LogP contribution in [-0.2, 0) is 6.42 Å². The number of rotatable bonds is 3. The molecule has 0 radical (unpaired) electrons. The monoisotopic (exact) mass is 222 g/mol.